The van der Waals surface area contributed by atoms with Gasteiger partial charge in [0.2, 0.25) is 5.95 Å². The molecule has 1 unspecified atom stereocenters. The summed E-state index contributed by atoms with van der Waals surface area (Å²) in [6.07, 6.45) is 3.39. The molecule has 90 valence electrons. The molecular formula is C13H11BrN4. The number of halogens is 1. The Morgan fingerprint density at radius 1 is 1.22 bits per heavy atom. The fourth-order valence-electron chi connectivity index (χ4n) is 1.51. The summed E-state index contributed by atoms with van der Waals surface area (Å²) in [5.74, 6) is 0.579. The number of nitrogens with one attached hydrogen (secondary N) is 1. The minimum Gasteiger partial charge on any atom is -0.348 e. The van der Waals surface area contributed by atoms with E-state index in [4.69, 9.17) is 5.26 Å². The number of anilines is 1. The summed E-state index contributed by atoms with van der Waals surface area (Å²) in [5.41, 5.74) is 1.74. The topological polar surface area (TPSA) is 61.6 Å². The molecule has 5 heteroatoms. The zero-order valence-corrected chi connectivity index (χ0v) is 11.3. The first-order valence-electron chi connectivity index (χ1n) is 5.43. The molecule has 0 bridgehead atoms. The van der Waals surface area contributed by atoms with E-state index in [9.17, 15) is 0 Å². The molecule has 0 spiro atoms. The van der Waals surface area contributed by atoms with Crippen LogP contribution in [0.25, 0.3) is 0 Å². The Morgan fingerprint density at radius 2 is 1.83 bits per heavy atom. The summed E-state index contributed by atoms with van der Waals surface area (Å²) in [5, 5.41) is 11.9. The number of aromatic nitrogens is 2. The van der Waals surface area contributed by atoms with Crippen LogP contribution in [0.1, 0.15) is 24.1 Å². The van der Waals surface area contributed by atoms with E-state index in [-0.39, 0.29) is 6.04 Å². The normalized spacial score (nSPS) is 11.6. The van der Waals surface area contributed by atoms with Crippen LogP contribution >= 0.6 is 15.9 Å². The van der Waals surface area contributed by atoms with Gasteiger partial charge in [-0.2, -0.15) is 5.26 Å². The van der Waals surface area contributed by atoms with Crippen LogP contribution in [0.4, 0.5) is 5.95 Å². The number of hydrogen-bond acceptors (Lipinski definition) is 4. The van der Waals surface area contributed by atoms with Gasteiger partial charge in [0.1, 0.15) is 0 Å². The highest BCUT2D eigenvalue weighted by Crippen LogP contribution is 2.17. The molecule has 4 nitrogen and oxygen atoms in total. The van der Waals surface area contributed by atoms with Crippen LogP contribution in [-0.2, 0) is 0 Å². The highest BCUT2D eigenvalue weighted by Gasteiger charge is 2.06. The van der Waals surface area contributed by atoms with Crippen molar-refractivity contribution in [1.29, 1.82) is 5.26 Å². The van der Waals surface area contributed by atoms with Crippen molar-refractivity contribution >= 4 is 21.9 Å². The van der Waals surface area contributed by atoms with Gasteiger partial charge in [-0.25, -0.2) is 9.97 Å². The van der Waals surface area contributed by atoms with Crippen molar-refractivity contribution in [3.8, 4) is 6.07 Å². The van der Waals surface area contributed by atoms with Crippen molar-refractivity contribution in [3.63, 3.8) is 0 Å². The molecule has 1 heterocycles. The second-order valence-corrected chi connectivity index (χ2v) is 4.74. The van der Waals surface area contributed by atoms with Crippen molar-refractivity contribution < 1.29 is 0 Å². The largest absolute Gasteiger partial charge is 0.348 e. The Bertz CT molecular complexity index is 557. The lowest BCUT2D eigenvalue weighted by Gasteiger charge is -2.13. The van der Waals surface area contributed by atoms with Crippen LogP contribution in [0.15, 0.2) is 41.1 Å². The minimum absolute atomic E-state index is 0.0823. The van der Waals surface area contributed by atoms with Gasteiger partial charge >= 0.3 is 0 Å². The summed E-state index contributed by atoms with van der Waals surface area (Å²) in [6.45, 7) is 2.02. The van der Waals surface area contributed by atoms with Crippen molar-refractivity contribution in [2.24, 2.45) is 0 Å². The van der Waals surface area contributed by atoms with E-state index in [1.54, 1.807) is 24.5 Å². The SMILES string of the molecule is CC(Nc1ncc(Br)cn1)c1ccc(C#N)cc1. The summed E-state index contributed by atoms with van der Waals surface area (Å²) in [7, 11) is 0. The van der Waals surface area contributed by atoms with Crippen LogP contribution in [0.5, 0.6) is 0 Å². The molecule has 18 heavy (non-hydrogen) atoms. The van der Waals surface area contributed by atoms with Crippen LogP contribution < -0.4 is 5.32 Å². The van der Waals surface area contributed by atoms with Crippen LogP contribution in [0, 0.1) is 11.3 Å². The van der Waals surface area contributed by atoms with Gasteiger partial charge in [-0.1, -0.05) is 12.1 Å². The Hall–Kier alpha value is -1.93. The van der Waals surface area contributed by atoms with E-state index in [2.05, 4.69) is 37.3 Å². The molecule has 1 aromatic heterocycles. The van der Waals surface area contributed by atoms with Gasteiger partial charge in [0.25, 0.3) is 0 Å². The predicted molar refractivity (Wildman–Crippen MR) is 72.9 cm³/mol. The lowest BCUT2D eigenvalue weighted by Crippen LogP contribution is -2.09. The van der Waals surface area contributed by atoms with Gasteiger partial charge in [-0.15, -0.1) is 0 Å². The Morgan fingerprint density at radius 3 is 2.39 bits per heavy atom. The average molecular weight is 303 g/mol. The van der Waals surface area contributed by atoms with Crippen molar-refractivity contribution in [2.75, 3.05) is 5.32 Å². The van der Waals surface area contributed by atoms with Gasteiger partial charge < -0.3 is 5.32 Å². The predicted octanol–water partition coefficient (Wildman–Crippen LogP) is 3.28. The molecule has 1 N–H and O–H groups in total. The molecule has 0 saturated heterocycles. The van der Waals surface area contributed by atoms with Crippen LogP contribution in [0.3, 0.4) is 0 Å². The zero-order valence-electron chi connectivity index (χ0n) is 9.76. The third-order valence-corrected chi connectivity index (χ3v) is 2.92. The molecule has 2 aromatic rings. The molecule has 0 saturated carbocycles. The average Bonchev–Trinajstić information content (AvgIpc) is 2.41. The Labute approximate surface area is 114 Å². The van der Waals surface area contributed by atoms with E-state index >= 15 is 0 Å². The molecule has 0 amide bonds. The Balaban J connectivity index is 2.09. The summed E-state index contributed by atoms with van der Waals surface area (Å²) < 4.78 is 0.846. The molecular weight excluding hydrogens is 292 g/mol. The first-order chi connectivity index (χ1) is 8.69. The van der Waals surface area contributed by atoms with E-state index in [1.807, 2.05) is 19.1 Å². The smallest absolute Gasteiger partial charge is 0.223 e. The molecule has 0 aliphatic carbocycles. The quantitative estimate of drug-likeness (QED) is 0.945. The maximum atomic E-state index is 8.74. The first-order valence-corrected chi connectivity index (χ1v) is 6.22. The van der Waals surface area contributed by atoms with Crippen molar-refractivity contribution in [2.45, 2.75) is 13.0 Å². The van der Waals surface area contributed by atoms with E-state index in [0.29, 0.717) is 11.5 Å². The van der Waals surface area contributed by atoms with Gasteiger partial charge in [0.15, 0.2) is 0 Å². The van der Waals surface area contributed by atoms with E-state index in [0.717, 1.165) is 10.0 Å². The van der Waals surface area contributed by atoms with E-state index in [1.165, 1.54) is 0 Å². The second-order valence-electron chi connectivity index (χ2n) is 3.82. The third-order valence-electron chi connectivity index (χ3n) is 2.51. The van der Waals surface area contributed by atoms with Crippen molar-refractivity contribution in [1.82, 2.24) is 9.97 Å². The molecule has 2 rings (SSSR count). The van der Waals surface area contributed by atoms with Gasteiger partial charge in [0, 0.05) is 12.4 Å². The molecule has 0 radical (unpaired) electrons. The second kappa shape index (κ2) is 5.61. The number of nitriles is 1. The highest BCUT2D eigenvalue weighted by atomic mass is 79.9. The molecule has 0 aliphatic heterocycles. The summed E-state index contributed by atoms with van der Waals surface area (Å²) in [6, 6.07) is 9.64. The molecule has 1 aromatic carbocycles. The van der Waals surface area contributed by atoms with Gasteiger partial charge in [-0.05, 0) is 40.5 Å². The van der Waals surface area contributed by atoms with Gasteiger partial charge in [-0.3, -0.25) is 0 Å². The molecule has 1 atom stereocenters. The lowest BCUT2D eigenvalue weighted by molar-refractivity contribution is 0.859. The van der Waals surface area contributed by atoms with Crippen molar-refractivity contribution in [3.05, 3.63) is 52.3 Å². The standard InChI is InChI=1S/C13H11BrN4/c1-9(11-4-2-10(6-15)3-5-11)18-13-16-7-12(14)8-17-13/h2-5,7-9H,1H3,(H,16,17,18). The maximum Gasteiger partial charge on any atom is 0.223 e. The minimum atomic E-state index is 0.0823. The Kier molecular flexibility index (Phi) is 3.90. The fourth-order valence-corrected chi connectivity index (χ4v) is 1.71. The molecule has 0 aliphatic rings. The number of hydrogen-bond donors (Lipinski definition) is 1. The maximum absolute atomic E-state index is 8.74. The first kappa shape index (κ1) is 12.5. The summed E-state index contributed by atoms with van der Waals surface area (Å²) >= 11 is 3.29. The number of benzene rings is 1. The number of nitrogens with zero attached hydrogens (tertiary/aromatic N) is 3. The monoisotopic (exact) mass is 302 g/mol. The zero-order chi connectivity index (χ0) is 13.0. The van der Waals surface area contributed by atoms with E-state index < -0.39 is 0 Å². The summed E-state index contributed by atoms with van der Waals surface area (Å²) in [4.78, 5) is 8.31. The van der Waals surface area contributed by atoms with Crippen LogP contribution in [0.2, 0.25) is 0 Å². The third kappa shape index (κ3) is 3.05. The molecule has 0 fully saturated rings. The highest BCUT2D eigenvalue weighted by molar-refractivity contribution is 9.10. The lowest BCUT2D eigenvalue weighted by atomic mass is 10.1. The fraction of sp³-hybridized carbons (Fsp3) is 0.154. The van der Waals surface area contributed by atoms with Gasteiger partial charge in [0.05, 0.1) is 22.1 Å². The van der Waals surface area contributed by atoms with Crippen LogP contribution in [-0.4, -0.2) is 9.97 Å². The number of rotatable bonds is 3.